The number of carboxylic acids is 1. The fourth-order valence-electron chi connectivity index (χ4n) is 1.34. The highest BCUT2D eigenvalue weighted by molar-refractivity contribution is 7.14. The fraction of sp³-hybridized carbons (Fsp3) is 0.0909. The molecule has 1 aromatic carbocycles. The number of hydrogen-bond acceptors (Lipinski definition) is 5. The van der Waals surface area contributed by atoms with Crippen LogP contribution in [0, 0.1) is 0 Å². The number of aromatic carboxylic acids is 1. The van der Waals surface area contributed by atoms with Gasteiger partial charge in [-0.3, -0.25) is 0 Å². The monoisotopic (exact) mass is 286 g/mol. The minimum atomic E-state index is -2.88. The topological polar surface area (TPSA) is 71.5 Å². The van der Waals surface area contributed by atoms with Crippen LogP contribution >= 0.6 is 11.3 Å². The predicted molar refractivity (Wildman–Crippen MR) is 65.4 cm³/mol. The van der Waals surface area contributed by atoms with E-state index < -0.39 is 12.6 Å². The molecule has 19 heavy (non-hydrogen) atoms. The molecule has 2 N–H and O–H groups in total. The summed E-state index contributed by atoms with van der Waals surface area (Å²) in [6.45, 7) is -2.88. The Morgan fingerprint density at radius 1 is 1.37 bits per heavy atom. The Kier molecular flexibility index (Phi) is 3.91. The smallest absolute Gasteiger partial charge is 0.387 e. The third-order valence-corrected chi connectivity index (χ3v) is 2.85. The number of halogens is 2. The molecule has 0 unspecified atom stereocenters. The Hall–Kier alpha value is -2.22. The van der Waals surface area contributed by atoms with Crippen molar-refractivity contribution in [3.05, 3.63) is 35.5 Å². The molecular weight excluding hydrogens is 278 g/mol. The zero-order chi connectivity index (χ0) is 13.8. The lowest BCUT2D eigenvalue weighted by atomic mass is 10.3. The van der Waals surface area contributed by atoms with Crippen LogP contribution in [0.1, 0.15) is 10.5 Å². The summed E-state index contributed by atoms with van der Waals surface area (Å²) in [7, 11) is 0. The largest absolute Gasteiger partial charge is 0.476 e. The SMILES string of the molecule is O=C(O)c1ncsc1Nc1ccc(OC(F)F)cc1. The van der Waals surface area contributed by atoms with E-state index in [1.165, 1.54) is 29.8 Å². The molecule has 2 aromatic rings. The van der Waals surface area contributed by atoms with Crippen LogP contribution in [0.15, 0.2) is 29.8 Å². The summed E-state index contributed by atoms with van der Waals surface area (Å²) in [6.07, 6.45) is 0. The average molecular weight is 286 g/mol. The van der Waals surface area contributed by atoms with Gasteiger partial charge in [-0.1, -0.05) is 0 Å². The maximum absolute atomic E-state index is 12.0. The van der Waals surface area contributed by atoms with Crippen LogP contribution in [0.4, 0.5) is 19.5 Å². The van der Waals surface area contributed by atoms with Crippen molar-refractivity contribution in [2.24, 2.45) is 0 Å². The quantitative estimate of drug-likeness (QED) is 0.883. The number of aromatic nitrogens is 1. The molecule has 0 saturated carbocycles. The van der Waals surface area contributed by atoms with Crippen molar-refractivity contribution in [2.75, 3.05) is 5.32 Å². The summed E-state index contributed by atoms with van der Waals surface area (Å²) in [5, 5.41) is 12.1. The van der Waals surface area contributed by atoms with Gasteiger partial charge in [-0.05, 0) is 24.3 Å². The van der Waals surface area contributed by atoms with E-state index in [9.17, 15) is 13.6 Å². The first-order valence-electron chi connectivity index (χ1n) is 5.05. The Morgan fingerprint density at radius 3 is 2.63 bits per heavy atom. The van der Waals surface area contributed by atoms with Gasteiger partial charge in [-0.15, -0.1) is 11.3 Å². The summed E-state index contributed by atoms with van der Waals surface area (Å²) < 4.78 is 28.1. The third-order valence-electron chi connectivity index (χ3n) is 2.11. The van der Waals surface area contributed by atoms with E-state index >= 15 is 0 Å². The van der Waals surface area contributed by atoms with Gasteiger partial charge < -0.3 is 15.2 Å². The van der Waals surface area contributed by atoms with E-state index in [2.05, 4.69) is 15.0 Å². The first kappa shape index (κ1) is 13.2. The minimum Gasteiger partial charge on any atom is -0.476 e. The normalized spacial score (nSPS) is 10.5. The van der Waals surface area contributed by atoms with Crippen molar-refractivity contribution in [1.29, 1.82) is 0 Å². The van der Waals surface area contributed by atoms with Crippen molar-refractivity contribution < 1.29 is 23.4 Å². The Balaban J connectivity index is 2.11. The fourth-order valence-corrected chi connectivity index (χ4v) is 2.03. The van der Waals surface area contributed by atoms with Gasteiger partial charge in [0.1, 0.15) is 10.8 Å². The second kappa shape index (κ2) is 5.61. The van der Waals surface area contributed by atoms with Gasteiger partial charge in [0.05, 0.1) is 5.51 Å². The number of anilines is 2. The Morgan fingerprint density at radius 2 is 2.05 bits per heavy atom. The highest BCUT2D eigenvalue weighted by atomic mass is 32.1. The summed E-state index contributed by atoms with van der Waals surface area (Å²) in [4.78, 5) is 14.6. The van der Waals surface area contributed by atoms with E-state index in [4.69, 9.17) is 5.11 Å². The second-order valence-corrected chi connectivity index (χ2v) is 4.22. The number of alkyl halides is 2. The lowest BCUT2D eigenvalue weighted by Crippen LogP contribution is -2.02. The standard InChI is InChI=1S/C11H8F2N2O3S/c12-11(13)18-7-3-1-6(2-4-7)15-9-8(10(16)17)14-5-19-9/h1-5,11,15H,(H,16,17). The van der Waals surface area contributed by atoms with Gasteiger partial charge in [-0.25, -0.2) is 9.78 Å². The molecule has 100 valence electrons. The highest BCUT2D eigenvalue weighted by Crippen LogP contribution is 2.26. The summed E-state index contributed by atoms with van der Waals surface area (Å²) in [5.41, 5.74) is 1.87. The van der Waals surface area contributed by atoms with E-state index in [1.54, 1.807) is 0 Å². The summed E-state index contributed by atoms with van der Waals surface area (Å²) >= 11 is 1.13. The van der Waals surface area contributed by atoms with Crippen LogP contribution in [0.25, 0.3) is 0 Å². The second-order valence-electron chi connectivity index (χ2n) is 3.36. The number of carbonyl (C=O) groups is 1. The molecule has 0 aliphatic heterocycles. The molecule has 0 aliphatic carbocycles. The number of carboxylic acid groups (broad SMARTS) is 1. The maximum atomic E-state index is 12.0. The zero-order valence-corrected chi connectivity index (χ0v) is 10.2. The molecule has 0 saturated heterocycles. The zero-order valence-electron chi connectivity index (χ0n) is 9.34. The van der Waals surface area contributed by atoms with Crippen LogP contribution in [-0.2, 0) is 0 Å². The van der Waals surface area contributed by atoms with Crippen LogP contribution in [0.3, 0.4) is 0 Å². The number of nitrogens with one attached hydrogen (secondary N) is 1. The summed E-state index contributed by atoms with van der Waals surface area (Å²) in [6, 6.07) is 5.72. The molecule has 0 radical (unpaired) electrons. The molecule has 0 bridgehead atoms. The molecule has 1 heterocycles. The van der Waals surface area contributed by atoms with Crippen LogP contribution < -0.4 is 10.1 Å². The molecule has 2 rings (SSSR count). The third kappa shape index (κ3) is 3.38. The molecule has 0 aliphatic rings. The van der Waals surface area contributed by atoms with Gasteiger partial charge in [0, 0.05) is 5.69 Å². The van der Waals surface area contributed by atoms with E-state index in [0.717, 1.165) is 11.3 Å². The lowest BCUT2D eigenvalue weighted by Gasteiger charge is -2.07. The number of hydrogen-bond donors (Lipinski definition) is 2. The first-order chi connectivity index (χ1) is 9.06. The average Bonchev–Trinajstić information content (AvgIpc) is 2.79. The van der Waals surface area contributed by atoms with Gasteiger partial charge in [0.25, 0.3) is 0 Å². The molecule has 0 atom stereocenters. The number of benzene rings is 1. The van der Waals surface area contributed by atoms with E-state index in [1.807, 2.05) is 0 Å². The summed E-state index contributed by atoms with van der Waals surface area (Å²) in [5.74, 6) is -1.11. The van der Waals surface area contributed by atoms with Crippen LogP contribution in [0.5, 0.6) is 5.75 Å². The molecular formula is C11H8F2N2O3S. The van der Waals surface area contributed by atoms with Gasteiger partial charge in [-0.2, -0.15) is 8.78 Å². The predicted octanol–water partition coefficient (Wildman–Crippen LogP) is 3.19. The minimum absolute atomic E-state index is 0.0308. The van der Waals surface area contributed by atoms with Crippen molar-refractivity contribution in [2.45, 2.75) is 6.61 Å². The number of rotatable bonds is 5. The van der Waals surface area contributed by atoms with Crippen LogP contribution in [-0.4, -0.2) is 22.7 Å². The Labute approximate surface area is 110 Å². The molecule has 8 heteroatoms. The maximum Gasteiger partial charge on any atom is 0.387 e. The van der Waals surface area contributed by atoms with Crippen molar-refractivity contribution in [3.8, 4) is 5.75 Å². The molecule has 1 aromatic heterocycles. The number of thiazole rings is 1. The Bertz CT molecular complexity index is 572. The highest BCUT2D eigenvalue weighted by Gasteiger charge is 2.13. The molecule has 0 fully saturated rings. The van der Waals surface area contributed by atoms with Crippen molar-refractivity contribution >= 4 is 28.0 Å². The first-order valence-corrected chi connectivity index (χ1v) is 5.93. The van der Waals surface area contributed by atoms with Crippen molar-refractivity contribution in [3.63, 3.8) is 0 Å². The van der Waals surface area contributed by atoms with Crippen molar-refractivity contribution in [1.82, 2.24) is 4.98 Å². The van der Waals surface area contributed by atoms with Gasteiger partial charge in [0.2, 0.25) is 0 Å². The van der Waals surface area contributed by atoms with Gasteiger partial charge >= 0.3 is 12.6 Å². The molecule has 0 spiro atoms. The number of nitrogens with zero attached hydrogens (tertiary/aromatic N) is 1. The van der Waals surface area contributed by atoms with Gasteiger partial charge in [0.15, 0.2) is 5.69 Å². The molecule has 5 nitrogen and oxygen atoms in total. The van der Waals surface area contributed by atoms with Crippen LogP contribution in [0.2, 0.25) is 0 Å². The molecule has 0 amide bonds. The van der Waals surface area contributed by atoms with E-state index in [-0.39, 0.29) is 11.4 Å². The lowest BCUT2D eigenvalue weighted by molar-refractivity contribution is -0.0498. The van der Waals surface area contributed by atoms with E-state index in [0.29, 0.717) is 10.7 Å². The number of ether oxygens (including phenoxy) is 1.